The van der Waals surface area contributed by atoms with Crippen molar-refractivity contribution in [1.29, 1.82) is 0 Å². The number of rotatable bonds is 6. The van der Waals surface area contributed by atoms with Crippen molar-refractivity contribution in [3.05, 3.63) is 24.3 Å². The van der Waals surface area contributed by atoms with Crippen LogP contribution in [0.1, 0.15) is 38.5 Å². The highest BCUT2D eigenvalue weighted by Crippen LogP contribution is 2.32. The largest absolute Gasteiger partial charge is 0.433 e. The topological polar surface area (TPSA) is 56.8 Å². The molecule has 0 aromatic heterocycles. The number of carbonyl (C=O) groups excluding carboxylic acids is 1. The first kappa shape index (κ1) is 20.2. The minimum Gasteiger partial charge on any atom is -0.433 e. The molecular formula is C21H30F2N4O2. The third-order valence-corrected chi connectivity index (χ3v) is 6.34. The van der Waals surface area contributed by atoms with Gasteiger partial charge >= 0.3 is 12.6 Å². The van der Waals surface area contributed by atoms with E-state index in [9.17, 15) is 13.6 Å². The van der Waals surface area contributed by atoms with E-state index in [0.717, 1.165) is 25.9 Å². The third-order valence-electron chi connectivity index (χ3n) is 6.34. The van der Waals surface area contributed by atoms with E-state index in [-0.39, 0.29) is 23.9 Å². The van der Waals surface area contributed by atoms with Gasteiger partial charge in [-0.1, -0.05) is 25.0 Å². The highest BCUT2D eigenvalue weighted by atomic mass is 19.3. The number of alkyl halides is 2. The van der Waals surface area contributed by atoms with Crippen molar-refractivity contribution in [1.82, 2.24) is 15.5 Å². The molecule has 1 saturated carbocycles. The monoisotopic (exact) mass is 408 g/mol. The summed E-state index contributed by atoms with van der Waals surface area (Å²) >= 11 is 0. The lowest BCUT2D eigenvalue weighted by Crippen LogP contribution is -2.48. The van der Waals surface area contributed by atoms with Crippen LogP contribution in [0.4, 0.5) is 19.3 Å². The molecule has 2 unspecified atom stereocenters. The van der Waals surface area contributed by atoms with Crippen molar-refractivity contribution >= 4 is 11.7 Å². The second kappa shape index (κ2) is 9.15. The molecule has 2 amide bonds. The molecule has 2 N–H and O–H groups in total. The Kier molecular flexibility index (Phi) is 6.37. The van der Waals surface area contributed by atoms with Crippen LogP contribution >= 0.6 is 0 Å². The number of ether oxygens (including phenoxy) is 1. The summed E-state index contributed by atoms with van der Waals surface area (Å²) in [7, 11) is 0. The molecular weight excluding hydrogens is 378 g/mol. The molecule has 1 aromatic carbocycles. The number of amides is 2. The first-order chi connectivity index (χ1) is 14.1. The number of anilines is 1. The third kappa shape index (κ3) is 5.10. The molecule has 160 valence electrons. The highest BCUT2D eigenvalue weighted by Gasteiger charge is 2.32. The molecule has 2 aliphatic heterocycles. The van der Waals surface area contributed by atoms with Gasteiger partial charge in [0.05, 0.1) is 5.69 Å². The Hall–Kier alpha value is -2.09. The van der Waals surface area contributed by atoms with Crippen molar-refractivity contribution in [2.45, 2.75) is 63.3 Å². The number of carbonyl (C=O) groups is 1. The Morgan fingerprint density at radius 3 is 2.45 bits per heavy atom. The zero-order valence-corrected chi connectivity index (χ0v) is 16.7. The SMILES string of the molecule is O=C(NC1CCN(c2ccccc2OC(F)F)C1)NC1CCN(C2CCCC2)C1. The fraction of sp³-hybridized carbons (Fsp3) is 0.667. The fourth-order valence-corrected chi connectivity index (χ4v) is 4.93. The van der Waals surface area contributed by atoms with Crippen molar-refractivity contribution in [2.75, 3.05) is 31.1 Å². The number of hydrogen-bond donors (Lipinski definition) is 2. The van der Waals surface area contributed by atoms with Crippen molar-refractivity contribution in [2.24, 2.45) is 0 Å². The van der Waals surface area contributed by atoms with Gasteiger partial charge < -0.3 is 20.3 Å². The van der Waals surface area contributed by atoms with E-state index in [0.29, 0.717) is 24.8 Å². The second-order valence-corrected chi connectivity index (χ2v) is 8.31. The zero-order valence-electron chi connectivity index (χ0n) is 16.7. The first-order valence-electron chi connectivity index (χ1n) is 10.7. The Balaban J connectivity index is 1.25. The molecule has 29 heavy (non-hydrogen) atoms. The average molecular weight is 408 g/mol. The van der Waals surface area contributed by atoms with Gasteiger partial charge in [-0.3, -0.25) is 4.90 Å². The van der Waals surface area contributed by atoms with E-state index in [1.807, 2.05) is 4.90 Å². The summed E-state index contributed by atoms with van der Waals surface area (Å²) in [6.45, 7) is 0.415. The standard InChI is InChI=1S/C21H30F2N4O2/c22-20(23)29-19-8-4-3-7-18(19)27-12-10-16(14-27)25-21(28)24-15-9-11-26(13-15)17-5-1-2-6-17/h3-4,7-8,15-17,20H,1-2,5-6,9-14H2,(H2,24,25,28). The lowest BCUT2D eigenvalue weighted by molar-refractivity contribution is -0.0495. The quantitative estimate of drug-likeness (QED) is 0.759. The van der Waals surface area contributed by atoms with Crippen LogP contribution in [0.25, 0.3) is 0 Å². The molecule has 0 bridgehead atoms. The Labute approximate surface area is 170 Å². The lowest BCUT2D eigenvalue weighted by Gasteiger charge is -2.24. The van der Waals surface area contributed by atoms with E-state index in [2.05, 4.69) is 20.3 Å². The summed E-state index contributed by atoms with van der Waals surface area (Å²) in [6.07, 6.45) is 6.99. The molecule has 0 radical (unpaired) electrons. The molecule has 6 nitrogen and oxygen atoms in total. The minimum absolute atomic E-state index is 0.0121. The Morgan fingerprint density at radius 2 is 1.69 bits per heavy atom. The van der Waals surface area contributed by atoms with Gasteiger partial charge in [-0.05, 0) is 37.8 Å². The zero-order chi connectivity index (χ0) is 20.2. The van der Waals surface area contributed by atoms with Crippen LogP contribution in [0.15, 0.2) is 24.3 Å². The first-order valence-corrected chi connectivity index (χ1v) is 10.7. The predicted molar refractivity (Wildman–Crippen MR) is 108 cm³/mol. The molecule has 3 fully saturated rings. The Bertz CT molecular complexity index is 699. The van der Waals surface area contributed by atoms with Crippen LogP contribution in [0.5, 0.6) is 5.75 Å². The van der Waals surface area contributed by atoms with Gasteiger partial charge in [-0.15, -0.1) is 0 Å². The minimum atomic E-state index is -2.85. The molecule has 2 heterocycles. The van der Waals surface area contributed by atoms with E-state index >= 15 is 0 Å². The number of nitrogens with zero attached hydrogens (tertiary/aromatic N) is 2. The van der Waals surface area contributed by atoms with Crippen LogP contribution in [0, 0.1) is 0 Å². The molecule has 8 heteroatoms. The van der Waals surface area contributed by atoms with Gasteiger partial charge in [0.1, 0.15) is 5.75 Å². The van der Waals surface area contributed by atoms with Gasteiger partial charge in [-0.25, -0.2) is 4.79 Å². The molecule has 0 spiro atoms. The Morgan fingerprint density at radius 1 is 1.00 bits per heavy atom. The second-order valence-electron chi connectivity index (χ2n) is 8.31. The van der Waals surface area contributed by atoms with Gasteiger partial charge in [0.25, 0.3) is 0 Å². The molecule has 1 aromatic rings. The van der Waals surface area contributed by atoms with Crippen molar-refractivity contribution < 1.29 is 18.3 Å². The summed E-state index contributed by atoms with van der Waals surface area (Å²) in [5, 5.41) is 6.17. The van der Waals surface area contributed by atoms with Crippen LogP contribution in [0.3, 0.4) is 0 Å². The summed E-state index contributed by atoms with van der Waals surface area (Å²) in [4.78, 5) is 17.0. The van der Waals surface area contributed by atoms with E-state index in [4.69, 9.17) is 0 Å². The maximum absolute atomic E-state index is 12.6. The molecule has 3 aliphatic rings. The lowest BCUT2D eigenvalue weighted by atomic mass is 10.2. The number of hydrogen-bond acceptors (Lipinski definition) is 4. The van der Waals surface area contributed by atoms with Gasteiger partial charge in [-0.2, -0.15) is 8.78 Å². The van der Waals surface area contributed by atoms with E-state index < -0.39 is 6.61 Å². The number of urea groups is 1. The summed E-state index contributed by atoms with van der Waals surface area (Å²) in [6, 6.07) is 7.56. The number of para-hydroxylation sites is 2. The van der Waals surface area contributed by atoms with Crippen molar-refractivity contribution in [3.8, 4) is 5.75 Å². The number of nitrogens with one attached hydrogen (secondary N) is 2. The maximum atomic E-state index is 12.6. The van der Waals surface area contributed by atoms with Crippen LogP contribution in [-0.2, 0) is 0 Å². The smallest absolute Gasteiger partial charge is 0.387 e. The molecule has 2 atom stereocenters. The number of halogens is 2. The summed E-state index contributed by atoms with van der Waals surface area (Å²) in [5.74, 6) is 0.172. The number of likely N-dealkylation sites (tertiary alicyclic amines) is 1. The van der Waals surface area contributed by atoms with E-state index in [1.54, 1.807) is 24.3 Å². The van der Waals surface area contributed by atoms with Gasteiger partial charge in [0, 0.05) is 44.3 Å². The molecule has 2 saturated heterocycles. The predicted octanol–water partition coefficient (Wildman–Crippen LogP) is 3.18. The van der Waals surface area contributed by atoms with Crippen molar-refractivity contribution in [3.63, 3.8) is 0 Å². The van der Waals surface area contributed by atoms with Crippen LogP contribution in [0.2, 0.25) is 0 Å². The fourth-order valence-electron chi connectivity index (χ4n) is 4.93. The van der Waals surface area contributed by atoms with Gasteiger partial charge in [0.2, 0.25) is 0 Å². The maximum Gasteiger partial charge on any atom is 0.387 e. The van der Waals surface area contributed by atoms with E-state index in [1.165, 1.54) is 25.7 Å². The van der Waals surface area contributed by atoms with Gasteiger partial charge in [0.15, 0.2) is 0 Å². The molecule has 4 rings (SSSR count). The summed E-state index contributed by atoms with van der Waals surface area (Å²) < 4.78 is 29.9. The number of benzene rings is 1. The highest BCUT2D eigenvalue weighted by molar-refractivity contribution is 5.75. The average Bonchev–Trinajstić information content (AvgIpc) is 3.43. The van der Waals surface area contributed by atoms with Crippen LogP contribution < -0.4 is 20.3 Å². The summed E-state index contributed by atoms with van der Waals surface area (Å²) in [5.41, 5.74) is 0.639. The van der Waals surface area contributed by atoms with Crippen LogP contribution in [-0.4, -0.2) is 61.8 Å². The normalized spacial score (nSPS) is 25.7. The molecule has 1 aliphatic carbocycles.